The van der Waals surface area contributed by atoms with Crippen molar-refractivity contribution in [3.63, 3.8) is 0 Å². The van der Waals surface area contributed by atoms with Crippen LogP contribution in [0.3, 0.4) is 0 Å². The first kappa shape index (κ1) is 19.1. The summed E-state index contributed by atoms with van der Waals surface area (Å²) in [6.45, 7) is 0. The maximum Gasteiger partial charge on any atom is 0.328 e. The molecule has 136 valence electrons. The van der Waals surface area contributed by atoms with Crippen LogP contribution in [-0.2, 0) is 16.0 Å². The molecule has 0 spiro atoms. The van der Waals surface area contributed by atoms with E-state index in [0.29, 0.717) is 12.8 Å². The molecule has 2 rings (SSSR count). The van der Waals surface area contributed by atoms with Crippen molar-refractivity contribution in [1.29, 1.82) is 0 Å². The van der Waals surface area contributed by atoms with Crippen molar-refractivity contribution >= 4 is 17.6 Å². The number of aryl methyl sites for hydroxylation is 1. The number of non-ortho nitro benzene ring substituents is 1. The van der Waals surface area contributed by atoms with Gasteiger partial charge in [0.1, 0.15) is 6.04 Å². The molecule has 0 aliphatic heterocycles. The second-order valence-corrected chi connectivity index (χ2v) is 5.73. The maximum absolute atomic E-state index is 12.3. The highest BCUT2D eigenvalue weighted by Gasteiger charge is 2.22. The molecule has 2 aromatic rings. The molecule has 7 nitrogen and oxygen atoms in total. The zero-order valence-corrected chi connectivity index (χ0v) is 14.4. The molecule has 0 aliphatic rings. The van der Waals surface area contributed by atoms with E-state index in [-0.39, 0.29) is 11.3 Å². The van der Waals surface area contributed by atoms with Crippen molar-refractivity contribution in [2.24, 2.45) is 0 Å². The topological polar surface area (TPSA) is 98.5 Å². The molecule has 0 saturated carbocycles. The fraction of sp³-hybridized carbons (Fsp3) is 0.263. The second kappa shape index (κ2) is 9.31. The van der Waals surface area contributed by atoms with Gasteiger partial charge in [0.05, 0.1) is 12.0 Å². The zero-order valence-electron chi connectivity index (χ0n) is 14.4. The summed E-state index contributed by atoms with van der Waals surface area (Å²) in [7, 11) is 1.26. The SMILES string of the molecule is COC(=O)[C@@H](CCCc1ccccc1)NC(=O)c1cccc([N+](=O)[O-])c1. The minimum Gasteiger partial charge on any atom is -0.467 e. The number of rotatable bonds is 8. The summed E-state index contributed by atoms with van der Waals surface area (Å²) in [5.74, 6) is -1.10. The van der Waals surface area contributed by atoms with Crippen LogP contribution in [0.15, 0.2) is 54.6 Å². The second-order valence-electron chi connectivity index (χ2n) is 5.73. The van der Waals surface area contributed by atoms with E-state index in [1.807, 2.05) is 30.3 Å². The minimum absolute atomic E-state index is 0.121. The number of benzene rings is 2. The van der Waals surface area contributed by atoms with E-state index in [2.05, 4.69) is 5.32 Å². The maximum atomic E-state index is 12.3. The van der Waals surface area contributed by atoms with Crippen molar-refractivity contribution in [2.75, 3.05) is 7.11 Å². The highest BCUT2D eigenvalue weighted by atomic mass is 16.6. The Hall–Kier alpha value is -3.22. The van der Waals surface area contributed by atoms with Gasteiger partial charge in [0.15, 0.2) is 0 Å². The van der Waals surface area contributed by atoms with Crippen LogP contribution in [-0.4, -0.2) is 30.0 Å². The average molecular weight is 356 g/mol. The molecule has 1 atom stereocenters. The van der Waals surface area contributed by atoms with Crippen molar-refractivity contribution in [1.82, 2.24) is 5.32 Å². The summed E-state index contributed by atoms with van der Waals surface area (Å²) in [6.07, 6.45) is 1.85. The monoisotopic (exact) mass is 356 g/mol. The summed E-state index contributed by atoms with van der Waals surface area (Å²) in [4.78, 5) is 34.5. The molecule has 1 amide bonds. The van der Waals surface area contributed by atoms with Gasteiger partial charge in [0.2, 0.25) is 0 Å². The predicted molar refractivity (Wildman–Crippen MR) is 95.7 cm³/mol. The summed E-state index contributed by atoms with van der Waals surface area (Å²) in [5.41, 5.74) is 1.08. The number of carbonyl (C=O) groups is 2. The number of nitro groups is 1. The third-order valence-corrected chi connectivity index (χ3v) is 3.91. The third-order valence-electron chi connectivity index (χ3n) is 3.91. The number of carbonyl (C=O) groups excluding carboxylic acids is 2. The molecular weight excluding hydrogens is 336 g/mol. The van der Waals surface area contributed by atoms with Crippen LogP contribution in [0.1, 0.15) is 28.8 Å². The first-order valence-electron chi connectivity index (χ1n) is 8.18. The lowest BCUT2D eigenvalue weighted by molar-refractivity contribution is -0.384. The van der Waals surface area contributed by atoms with Crippen LogP contribution >= 0.6 is 0 Å². The molecule has 2 aromatic carbocycles. The smallest absolute Gasteiger partial charge is 0.328 e. The predicted octanol–water partition coefficient (Wildman–Crippen LogP) is 2.89. The normalized spacial score (nSPS) is 11.4. The third kappa shape index (κ3) is 5.41. The standard InChI is InChI=1S/C19H20N2O5/c1-26-19(23)17(12-5-9-14-7-3-2-4-8-14)20-18(22)15-10-6-11-16(13-15)21(24)25/h2-4,6-8,10-11,13,17H,5,9,12H2,1H3,(H,20,22)/t17-/m1/s1. The molecule has 0 unspecified atom stereocenters. The Labute approximate surface area is 151 Å². The van der Waals surface area contributed by atoms with Gasteiger partial charge in [0, 0.05) is 17.7 Å². The van der Waals surface area contributed by atoms with E-state index in [0.717, 1.165) is 12.0 Å². The van der Waals surface area contributed by atoms with Crippen LogP contribution < -0.4 is 5.32 Å². The van der Waals surface area contributed by atoms with Crippen LogP contribution in [0.5, 0.6) is 0 Å². The van der Waals surface area contributed by atoms with Gasteiger partial charge in [-0.2, -0.15) is 0 Å². The first-order valence-corrected chi connectivity index (χ1v) is 8.18. The first-order chi connectivity index (χ1) is 12.5. The van der Waals surface area contributed by atoms with Crippen molar-refractivity contribution in [3.05, 3.63) is 75.8 Å². The van der Waals surface area contributed by atoms with Gasteiger partial charge in [0.25, 0.3) is 11.6 Å². The fourth-order valence-corrected chi connectivity index (χ4v) is 2.55. The van der Waals surface area contributed by atoms with E-state index in [1.54, 1.807) is 0 Å². The van der Waals surface area contributed by atoms with Crippen LogP contribution in [0, 0.1) is 10.1 Å². The van der Waals surface area contributed by atoms with Crippen molar-refractivity contribution in [3.8, 4) is 0 Å². The Morgan fingerprint density at radius 2 is 1.88 bits per heavy atom. The number of amides is 1. The summed E-state index contributed by atoms with van der Waals surface area (Å²) in [6, 6.07) is 14.4. The van der Waals surface area contributed by atoms with Gasteiger partial charge in [-0.1, -0.05) is 36.4 Å². The van der Waals surface area contributed by atoms with E-state index < -0.39 is 22.8 Å². The molecule has 7 heteroatoms. The number of esters is 1. The number of hydrogen-bond acceptors (Lipinski definition) is 5. The largest absolute Gasteiger partial charge is 0.467 e. The lowest BCUT2D eigenvalue weighted by Gasteiger charge is -2.16. The quantitative estimate of drug-likeness (QED) is 0.445. The molecule has 0 radical (unpaired) electrons. The fourth-order valence-electron chi connectivity index (χ4n) is 2.55. The Kier molecular flexibility index (Phi) is 6.84. The lowest BCUT2D eigenvalue weighted by Crippen LogP contribution is -2.41. The number of nitrogens with zero attached hydrogens (tertiary/aromatic N) is 1. The van der Waals surface area contributed by atoms with Gasteiger partial charge < -0.3 is 10.1 Å². The highest BCUT2D eigenvalue weighted by molar-refractivity contribution is 5.97. The Morgan fingerprint density at radius 1 is 1.15 bits per heavy atom. The van der Waals surface area contributed by atoms with Crippen molar-refractivity contribution in [2.45, 2.75) is 25.3 Å². The molecule has 0 heterocycles. The molecule has 0 bridgehead atoms. The summed E-state index contributed by atoms with van der Waals surface area (Å²) < 4.78 is 4.75. The molecular formula is C19H20N2O5. The Bertz CT molecular complexity index is 777. The Morgan fingerprint density at radius 3 is 2.54 bits per heavy atom. The number of methoxy groups -OCH3 is 1. The summed E-state index contributed by atoms with van der Waals surface area (Å²) >= 11 is 0. The van der Waals surface area contributed by atoms with Crippen LogP contribution in [0.4, 0.5) is 5.69 Å². The number of nitrogens with one attached hydrogen (secondary N) is 1. The average Bonchev–Trinajstić information content (AvgIpc) is 2.67. The van der Waals surface area contributed by atoms with Crippen LogP contribution in [0.2, 0.25) is 0 Å². The molecule has 0 aliphatic carbocycles. The van der Waals surface area contributed by atoms with E-state index >= 15 is 0 Å². The zero-order chi connectivity index (χ0) is 18.9. The van der Waals surface area contributed by atoms with Crippen molar-refractivity contribution < 1.29 is 19.2 Å². The Balaban J connectivity index is 2.00. The van der Waals surface area contributed by atoms with E-state index in [1.165, 1.54) is 31.4 Å². The van der Waals surface area contributed by atoms with Gasteiger partial charge in [-0.25, -0.2) is 4.79 Å². The van der Waals surface area contributed by atoms with Gasteiger partial charge in [-0.05, 0) is 30.9 Å². The number of ether oxygens (including phenoxy) is 1. The molecule has 26 heavy (non-hydrogen) atoms. The molecule has 0 aromatic heterocycles. The van der Waals surface area contributed by atoms with Gasteiger partial charge in [-0.3, -0.25) is 14.9 Å². The van der Waals surface area contributed by atoms with E-state index in [9.17, 15) is 19.7 Å². The number of nitro benzene ring substituents is 1. The molecule has 1 N–H and O–H groups in total. The molecule has 0 fully saturated rings. The highest BCUT2D eigenvalue weighted by Crippen LogP contribution is 2.14. The lowest BCUT2D eigenvalue weighted by atomic mass is 10.0. The minimum atomic E-state index is -0.810. The van der Waals surface area contributed by atoms with E-state index in [4.69, 9.17) is 4.74 Å². The molecule has 0 saturated heterocycles. The van der Waals surface area contributed by atoms with Gasteiger partial charge >= 0.3 is 5.97 Å². The van der Waals surface area contributed by atoms with Crippen LogP contribution in [0.25, 0.3) is 0 Å². The number of hydrogen-bond donors (Lipinski definition) is 1. The van der Waals surface area contributed by atoms with Gasteiger partial charge in [-0.15, -0.1) is 0 Å². The summed E-state index contributed by atoms with van der Waals surface area (Å²) in [5, 5.41) is 13.4.